The number of hydrogen-bond acceptors (Lipinski definition) is 4. The number of hydrazine groups is 1. The summed E-state index contributed by atoms with van der Waals surface area (Å²) in [5.41, 5.74) is 3.67. The number of aromatic amines is 1. The number of H-pyrrole nitrogens is 1. The van der Waals surface area contributed by atoms with E-state index < -0.39 is 0 Å². The van der Waals surface area contributed by atoms with Crippen LogP contribution in [-0.4, -0.2) is 15.4 Å². The summed E-state index contributed by atoms with van der Waals surface area (Å²) in [4.78, 5) is 0. The van der Waals surface area contributed by atoms with E-state index in [-0.39, 0.29) is 6.04 Å². The Morgan fingerprint density at radius 2 is 2.54 bits per heavy atom. The Bertz CT molecular complexity index is 241. The van der Waals surface area contributed by atoms with Gasteiger partial charge in [-0.1, -0.05) is 12.8 Å². The van der Waals surface area contributed by atoms with Crippen molar-refractivity contribution in [2.45, 2.75) is 31.7 Å². The fraction of sp³-hybridized carbons (Fsp3) is 0.750. The van der Waals surface area contributed by atoms with Gasteiger partial charge < -0.3 is 0 Å². The van der Waals surface area contributed by atoms with Gasteiger partial charge in [0.15, 0.2) is 0 Å². The molecule has 1 aromatic rings. The van der Waals surface area contributed by atoms with Crippen LogP contribution in [0.25, 0.3) is 0 Å². The van der Waals surface area contributed by atoms with Crippen molar-refractivity contribution in [3.8, 4) is 0 Å². The van der Waals surface area contributed by atoms with Crippen molar-refractivity contribution in [2.75, 3.05) is 0 Å². The van der Waals surface area contributed by atoms with E-state index in [1.54, 1.807) is 6.20 Å². The third kappa shape index (κ3) is 2.26. The Hall–Kier alpha value is -0.940. The summed E-state index contributed by atoms with van der Waals surface area (Å²) >= 11 is 0. The van der Waals surface area contributed by atoms with Crippen LogP contribution in [0, 0.1) is 5.92 Å². The summed E-state index contributed by atoms with van der Waals surface area (Å²) in [6.45, 7) is 0. The van der Waals surface area contributed by atoms with E-state index in [9.17, 15) is 0 Å². The number of nitrogens with two attached hydrogens (primary N) is 1. The Morgan fingerprint density at radius 3 is 3.08 bits per heavy atom. The molecule has 1 unspecified atom stereocenters. The third-order valence-electron chi connectivity index (χ3n) is 2.55. The number of nitrogens with one attached hydrogen (secondary N) is 2. The predicted octanol–water partition coefficient (Wildman–Crippen LogP) is 0.499. The van der Waals surface area contributed by atoms with Gasteiger partial charge in [-0.25, -0.2) is 0 Å². The summed E-state index contributed by atoms with van der Waals surface area (Å²) in [5, 5.41) is 10.4. The Labute approximate surface area is 77.1 Å². The molecule has 0 saturated heterocycles. The van der Waals surface area contributed by atoms with E-state index in [1.165, 1.54) is 19.3 Å². The number of aromatic nitrogens is 3. The van der Waals surface area contributed by atoms with E-state index in [0.717, 1.165) is 18.0 Å². The fourth-order valence-corrected chi connectivity index (χ4v) is 1.50. The lowest BCUT2D eigenvalue weighted by Crippen LogP contribution is -2.28. The quantitative estimate of drug-likeness (QED) is 0.456. The average molecular weight is 181 g/mol. The van der Waals surface area contributed by atoms with Crippen LogP contribution in [0.5, 0.6) is 0 Å². The van der Waals surface area contributed by atoms with Gasteiger partial charge in [-0.05, 0) is 18.8 Å². The SMILES string of the molecule is NNC(CCC1CC1)c1cn[nH]n1. The van der Waals surface area contributed by atoms with Gasteiger partial charge >= 0.3 is 0 Å². The molecule has 13 heavy (non-hydrogen) atoms. The maximum absolute atomic E-state index is 5.44. The summed E-state index contributed by atoms with van der Waals surface area (Å²) < 4.78 is 0. The zero-order chi connectivity index (χ0) is 9.10. The molecular weight excluding hydrogens is 166 g/mol. The van der Waals surface area contributed by atoms with E-state index in [0.29, 0.717) is 0 Å². The van der Waals surface area contributed by atoms with Crippen molar-refractivity contribution in [2.24, 2.45) is 11.8 Å². The molecular formula is C8H15N5. The smallest absolute Gasteiger partial charge is 0.101 e. The molecule has 4 N–H and O–H groups in total. The fourth-order valence-electron chi connectivity index (χ4n) is 1.50. The van der Waals surface area contributed by atoms with Gasteiger partial charge in [0.05, 0.1) is 12.2 Å². The molecule has 1 saturated carbocycles. The molecule has 2 rings (SSSR count). The van der Waals surface area contributed by atoms with E-state index in [1.807, 2.05) is 0 Å². The molecule has 0 bridgehead atoms. The van der Waals surface area contributed by atoms with E-state index in [4.69, 9.17) is 5.84 Å². The van der Waals surface area contributed by atoms with E-state index >= 15 is 0 Å². The maximum atomic E-state index is 5.44. The number of nitrogens with zero attached hydrogens (tertiary/aromatic N) is 2. The Morgan fingerprint density at radius 1 is 1.69 bits per heavy atom. The molecule has 0 amide bonds. The molecule has 72 valence electrons. The standard InChI is InChI=1S/C8H15N5/c9-11-7(4-3-6-1-2-6)8-5-10-13-12-8/h5-7,11H,1-4,9H2,(H,10,12,13). The zero-order valence-electron chi connectivity index (χ0n) is 7.53. The maximum Gasteiger partial charge on any atom is 0.101 e. The average Bonchev–Trinajstić information content (AvgIpc) is 2.81. The van der Waals surface area contributed by atoms with Crippen LogP contribution in [0.3, 0.4) is 0 Å². The minimum Gasteiger partial charge on any atom is -0.271 e. The topological polar surface area (TPSA) is 79.6 Å². The second-order valence-corrected chi connectivity index (χ2v) is 3.63. The van der Waals surface area contributed by atoms with Gasteiger partial charge in [0.25, 0.3) is 0 Å². The van der Waals surface area contributed by atoms with Gasteiger partial charge in [-0.15, -0.1) is 0 Å². The minimum atomic E-state index is 0.152. The first-order valence-electron chi connectivity index (χ1n) is 4.72. The highest BCUT2D eigenvalue weighted by Crippen LogP contribution is 2.35. The van der Waals surface area contributed by atoms with Crippen molar-refractivity contribution < 1.29 is 0 Å². The lowest BCUT2D eigenvalue weighted by atomic mass is 10.1. The van der Waals surface area contributed by atoms with Crippen LogP contribution >= 0.6 is 0 Å². The third-order valence-corrected chi connectivity index (χ3v) is 2.55. The largest absolute Gasteiger partial charge is 0.271 e. The summed E-state index contributed by atoms with van der Waals surface area (Å²) in [6, 6.07) is 0.152. The van der Waals surface area contributed by atoms with Crippen molar-refractivity contribution in [1.82, 2.24) is 20.8 Å². The molecule has 1 aromatic heterocycles. The van der Waals surface area contributed by atoms with Gasteiger partial charge in [0.1, 0.15) is 5.69 Å². The Balaban J connectivity index is 1.85. The first-order valence-corrected chi connectivity index (χ1v) is 4.72. The Kier molecular flexibility index (Phi) is 2.56. The number of hydrogen-bond donors (Lipinski definition) is 3. The molecule has 1 heterocycles. The molecule has 0 radical (unpaired) electrons. The highest BCUT2D eigenvalue weighted by Gasteiger charge is 2.23. The van der Waals surface area contributed by atoms with Crippen LogP contribution in [0.15, 0.2) is 6.20 Å². The summed E-state index contributed by atoms with van der Waals surface area (Å²) in [5.74, 6) is 6.37. The van der Waals surface area contributed by atoms with Crippen LogP contribution in [0.4, 0.5) is 0 Å². The second kappa shape index (κ2) is 3.85. The monoisotopic (exact) mass is 181 g/mol. The normalized spacial score (nSPS) is 18.8. The molecule has 1 fully saturated rings. The summed E-state index contributed by atoms with van der Waals surface area (Å²) in [6.07, 6.45) is 6.78. The summed E-state index contributed by atoms with van der Waals surface area (Å²) in [7, 11) is 0. The molecule has 0 aliphatic heterocycles. The minimum absolute atomic E-state index is 0.152. The molecule has 1 aliphatic rings. The van der Waals surface area contributed by atoms with E-state index in [2.05, 4.69) is 20.8 Å². The molecule has 5 nitrogen and oxygen atoms in total. The van der Waals surface area contributed by atoms with Gasteiger partial charge in [-0.2, -0.15) is 15.4 Å². The number of rotatable bonds is 5. The zero-order valence-corrected chi connectivity index (χ0v) is 7.53. The van der Waals surface area contributed by atoms with Crippen LogP contribution in [-0.2, 0) is 0 Å². The molecule has 5 heteroatoms. The van der Waals surface area contributed by atoms with Gasteiger partial charge in [-0.3, -0.25) is 11.3 Å². The van der Waals surface area contributed by atoms with Crippen LogP contribution in [0.2, 0.25) is 0 Å². The van der Waals surface area contributed by atoms with Crippen LogP contribution < -0.4 is 11.3 Å². The molecule has 0 spiro atoms. The molecule has 0 aromatic carbocycles. The van der Waals surface area contributed by atoms with Gasteiger partial charge in [0, 0.05) is 0 Å². The van der Waals surface area contributed by atoms with Gasteiger partial charge in [0.2, 0.25) is 0 Å². The first-order chi connectivity index (χ1) is 6.40. The van der Waals surface area contributed by atoms with Crippen molar-refractivity contribution in [3.05, 3.63) is 11.9 Å². The lowest BCUT2D eigenvalue weighted by Gasteiger charge is -2.11. The highest BCUT2D eigenvalue weighted by molar-refractivity contribution is 4.99. The van der Waals surface area contributed by atoms with Crippen molar-refractivity contribution in [1.29, 1.82) is 0 Å². The second-order valence-electron chi connectivity index (χ2n) is 3.63. The van der Waals surface area contributed by atoms with Crippen molar-refractivity contribution >= 4 is 0 Å². The lowest BCUT2D eigenvalue weighted by molar-refractivity contribution is 0.472. The van der Waals surface area contributed by atoms with Crippen molar-refractivity contribution in [3.63, 3.8) is 0 Å². The first kappa shape index (κ1) is 8.65. The van der Waals surface area contributed by atoms with Crippen LogP contribution in [0.1, 0.15) is 37.4 Å². The molecule has 1 atom stereocenters. The highest BCUT2D eigenvalue weighted by atomic mass is 15.3. The predicted molar refractivity (Wildman–Crippen MR) is 48.4 cm³/mol. The molecule has 1 aliphatic carbocycles.